The third-order valence-corrected chi connectivity index (χ3v) is 2.81. The molecule has 0 N–H and O–H groups in total. The Morgan fingerprint density at radius 3 is 2.84 bits per heavy atom. The normalized spacial score (nSPS) is 10.3. The van der Waals surface area contributed by atoms with Gasteiger partial charge in [0.1, 0.15) is 11.8 Å². The molecule has 2 heterocycles. The lowest BCUT2D eigenvalue weighted by molar-refractivity contribution is 0.416. The van der Waals surface area contributed by atoms with Crippen molar-refractivity contribution < 1.29 is 4.74 Å². The van der Waals surface area contributed by atoms with Crippen molar-refractivity contribution in [2.24, 2.45) is 0 Å². The van der Waals surface area contributed by atoms with Crippen LogP contribution in [0.15, 0.2) is 42.6 Å². The van der Waals surface area contributed by atoms with Gasteiger partial charge in [0.15, 0.2) is 11.5 Å². The Balaban J connectivity index is 2.18. The molecule has 92 valence electrons. The third kappa shape index (κ3) is 1.89. The van der Waals surface area contributed by atoms with E-state index in [9.17, 15) is 0 Å². The monoisotopic (exact) mass is 250 g/mol. The molecule has 0 aliphatic heterocycles. The highest BCUT2D eigenvalue weighted by Gasteiger charge is 2.11. The molecule has 0 saturated heterocycles. The maximum atomic E-state index is 8.87. The van der Waals surface area contributed by atoms with E-state index in [2.05, 4.69) is 16.2 Å². The molecule has 5 nitrogen and oxygen atoms in total. The summed E-state index contributed by atoms with van der Waals surface area (Å²) in [5.41, 5.74) is 2.07. The molecule has 1 aromatic carbocycles. The van der Waals surface area contributed by atoms with Crippen LogP contribution in [0.3, 0.4) is 0 Å². The first-order valence-electron chi connectivity index (χ1n) is 5.72. The van der Waals surface area contributed by atoms with Gasteiger partial charge in [0.05, 0.1) is 18.2 Å². The number of hydrogen-bond donors (Lipinski definition) is 0. The highest BCUT2D eigenvalue weighted by Crippen LogP contribution is 2.27. The van der Waals surface area contributed by atoms with Crippen LogP contribution in [0.1, 0.15) is 5.56 Å². The zero-order chi connectivity index (χ0) is 13.2. The zero-order valence-electron chi connectivity index (χ0n) is 10.2. The number of para-hydroxylation sites is 1. The molecule has 0 aliphatic carbocycles. The van der Waals surface area contributed by atoms with Gasteiger partial charge in [0.25, 0.3) is 0 Å². The Labute approximate surface area is 109 Å². The fourth-order valence-corrected chi connectivity index (χ4v) is 1.89. The van der Waals surface area contributed by atoms with Gasteiger partial charge in [-0.15, -0.1) is 5.10 Å². The van der Waals surface area contributed by atoms with Gasteiger partial charge in [-0.3, -0.25) is 0 Å². The molecule has 0 radical (unpaired) electrons. The minimum Gasteiger partial charge on any atom is -0.496 e. The number of nitriles is 1. The summed E-state index contributed by atoms with van der Waals surface area (Å²) in [5.74, 6) is 1.30. The van der Waals surface area contributed by atoms with E-state index in [1.807, 2.05) is 24.3 Å². The van der Waals surface area contributed by atoms with Gasteiger partial charge in [0.2, 0.25) is 0 Å². The molecule has 3 aromatic rings. The van der Waals surface area contributed by atoms with Crippen LogP contribution >= 0.6 is 0 Å². The molecule has 0 aliphatic rings. The summed E-state index contributed by atoms with van der Waals surface area (Å²) in [6.07, 6.45) is 1.65. The van der Waals surface area contributed by atoms with E-state index in [0.29, 0.717) is 17.0 Å². The number of nitrogens with zero attached hydrogens (tertiary/aromatic N) is 4. The third-order valence-electron chi connectivity index (χ3n) is 2.81. The van der Waals surface area contributed by atoms with Crippen LogP contribution in [-0.4, -0.2) is 21.7 Å². The molecule has 3 rings (SSSR count). The van der Waals surface area contributed by atoms with Gasteiger partial charge < -0.3 is 4.74 Å². The quantitative estimate of drug-likeness (QED) is 0.700. The summed E-state index contributed by atoms with van der Waals surface area (Å²) in [4.78, 5) is 4.43. The molecule has 0 bridgehead atoms. The second-order valence-electron chi connectivity index (χ2n) is 3.97. The maximum Gasteiger partial charge on any atom is 0.185 e. The number of aromatic nitrogens is 3. The van der Waals surface area contributed by atoms with E-state index in [4.69, 9.17) is 10.00 Å². The zero-order valence-corrected chi connectivity index (χ0v) is 10.2. The number of fused-ring (bicyclic) bond motifs is 1. The lowest BCUT2D eigenvalue weighted by atomic mass is 10.2. The van der Waals surface area contributed by atoms with Crippen LogP contribution in [0, 0.1) is 11.3 Å². The lowest BCUT2D eigenvalue weighted by Gasteiger charge is -2.03. The molecule has 19 heavy (non-hydrogen) atoms. The number of rotatable bonds is 2. The average molecular weight is 250 g/mol. The standard InChI is InChI=1S/C14H10N4O/c1-19-12-5-3-2-4-11(12)14-16-13-7-6-10(8-15)9-18(13)17-14/h2-7,9H,1H3. The summed E-state index contributed by atoms with van der Waals surface area (Å²) >= 11 is 0. The minimum atomic E-state index is 0.545. The molecule has 2 aromatic heterocycles. The van der Waals surface area contributed by atoms with Gasteiger partial charge in [-0.1, -0.05) is 12.1 Å². The molecular weight excluding hydrogens is 240 g/mol. The van der Waals surface area contributed by atoms with E-state index >= 15 is 0 Å². The van der Waals surface area contributed by atoms with Crippen molar-refractivity contribution >= 4 is 5.65 Å². The van der Waals surface area contributed by atoms with E-state index in [0.717, 1.165) is 11.3 Å². The van der Waals surface area contributed by atoms with Gasteiger partial charge in [-0.2, -0.15) is 5.26 Å². The van der Waals surface area contributed by atoms with Crippen LogP contribution in [0.25, 0.3) is 17.0 Å². The first kappa shape index (κ1) is 11.2. The van der Waals surface area contributed by atoms with Crippen molar-refractivity contribution in [1.82, 2.24) is 14.6 Å². The predicted octanol–water partition coefficient (Wildman–Crippen LogP) is 2.28. The number of benzene rings is 1. The number of methoxy groups -OCH3 is 1. The molecule has 0 amide bonds. The fourth-order valence-electron chi connectivity index (χ4n) is 1.89. The summed E-state index contributed by atoms with van der Waals surface area (Å²) in [6.45, 7) is 0. The van der Waals surface area contributed by atoms with Crippen LogP contribution in [0.5, 0.6) is 5.75 Å². The molecular formula is C14H10N4O. The van der Waals surface area contributed by atoms with Crippen molar-refractivity contribution in [3.8, 4) is 23.2 Å². The molecule has 0 unspecified atom stereocenters. The van der Waals surface area contributed by atoms with Crippen molar-refractivity contribution in [3.63, 3.8) is 0 Å². The van der Waals surface area contributed by atoms with Gasteiger partial charge >= 0.3 is 0 Å². The largest absolute Gasteiger partial charge is 0.496 e. The number of hydrogen-bond acceptors (Lipinski definition) is 4. The summed E-state index contributed by atoms with van der Waals surface area (Å²) in [5, 5.41) is 13.2. The first-order chi connectivity index (χ1) is 9.31. The van der Waals surface area contributed by atoms with Crippen molar-refractivity contribution in [1.29, 1.82) is 5.26 Å². The van der Waals surface area contributed by atoms with Crippen molar-refractivity contribution in [3.05, 3.63) is 48.2 Å². The van der Waals surface area contributed by atoms with Crippen LogP contribution < -0.4 is 4.74 Å². The minimum absolute atomic E-state index is 0.545. The summed E-state index contributed by atoms with van der Waals surface area (Å²) < 4.78 is 6.90. The van der Waals surface area contributed by atoms with Gasteiger partial charge in [-0.05, 0) is 24.3 Å². The summed E-state index contributed by atoms with van der Waals surface area (Å²) in [7, 11) is 1.61. The molecule has 0 atom stereocenters. The molecule has 0 fully saturated rings. The predicted molar refractivity (Wildman–Crippen MR) is 69.7 cm³/mol. The Kier molecular flexibility index (Phi) is 2.62. The highest BCUT2D eigenvalue weighted by molar-refractivity contribution is 5.65. The van der Waals surface area contributed by atoms with E-state index in [1.54, 1.807) is 30.0 Å². The van der Waals surface area contributed by atoms with Crippen LogP contribution in [0.4, 0.5) is 0 Å². The van der Waals surface area contributed by atoms with E-state index in [-0.39, 0.29) is 0 Å². The van der Waals surface area contributed by atoms with E-state index in [1.165, 1.54) is 0 Å². The van der Waals surface area contributed by atoms with Crippen molar-refractivity contribution in [2.75, 3.05) is 7.11 Å². The van der Waals surface area contributed by atoms with Crippen LogP contribution in [-0.2, 0) is 0 Å². The van der Waals surface area contributed by atoms with E-state index < -0.39 is 0 Å². The van der Waals surface area contributed by atoms with Gasteiger partial charge in [-0.25, -0.2) is 9.50 Å². The van der Waals surface area contributed by atoms with Crippen LogP contribution in [0.2, 0.25) is 0 Å². The second kappa shape index (κ2) is 4.42. The second-order valence-corrected chi connectivity index (χ2v) is 3.97. The number of ether oxygens (including phenoxy) is 1. The Bertz CT molecular complexity index is 785. The lowest BCUT2D eigenvalue weighted by Crippen LogP contribution is -1.90. The Morgan fingerprint density at radius 2 is 2.05 bits per heavy atom. The maximum absolute atomic E-state index is 8.87. The molecule has 5 heteroatoms. The van der Waals surface area contributed by atoms with Gasteiger partial charge in [0, 0.05) is 6.20 Å². The fraction of sp³-hybridized carbons (Fsp3) is 0.0714. The Morgan fingerprint density at radius 1 is 1.21 bits per heavy atom. The summed E-state index contributed by atoms with van der Waals surface area (Å²) in [6, 6.07) is 13.1. The molecule has 0 saturated carbocycles. The molecule has 0 spiro atoms. The smallest absolute Gasteiger partial charge is 0.185 e. The average Bonchev–Trinajstić information content (AvgIpc) is 2.89. The SMILES string of the molecule is COc1ccccc1-c1nc2ccc(C#N)cn2n1. The highest BCUT2D eigenvalue weighted by atomic mass is 16.5. The first-order valence-corrected chi connectivity index (χ1v) is 5.72. The van der Waals surface area contributed by atoms with Crippen molar-refractivity contribution in [2.45, 2.75) is 0 Å². The Hall–Kier alpha value is -2.87. The number of pyridine rings is 1. The topological polar surface area (TPSA) is 63.2 Å².